The van der Waals surface area contributed by atoms with Crippen LogP contribution in [0.25, 0.3) is 11.3 Å². The molecule has 1 aliphatic heterocycles. The van der Waals surface area contributed by atoms with Crippen LogP contribution in [0.5, 0.6) is 0 Å². The highest BCUT2D eigenvalue weighted by atomic mass is 16.5. The molecule has 3 heterocycles. The fourth-order valence-corrected chi connectivity index (χ4v) is 2.49. The van der Waals surface area contributed by atoms with Crippen LogP contribution >= 0.6 is 0 Å². The molecule has 0 unspecified atom stereocenters. The molecule has 3 rings (SSSR count). The van der Waals surface area contributed by atoms with Crippen LogP contribution in [0.4, 0.5) is 5.82 Å². The van der Waals surface area contributed by atoms with Gasteiger partial charge < -0.3 is 20.7 Å². The number of aromatic amines is 1. The molecule has 9 heteroatoms. The number of anilines is 1. The summed E-state index contributed by atoms with van der Waals surface area (Å²) in [6.45, 7) is 1.53. The molecule has 0 radical (unpaired) electrons. The van der Waals surface area contributed by atoms with Gasteiger partial charge in [-0.3, -0.25) is 9.67 Å². The quantitative estimate of drug-likeness (QED) is 0.580. The Labute approximate surface area is 125 Å². The number of aromatic nitrogens is 4. The van der Waals surface area contributed by atoms with Crippen LogP contribution in [0, 0.1) is 6.92 Å². The van der Waals surface area contributed by atoms with Gasteiger partial charge in [0.25, 0.3) is 0 Å². The number of nitrogens with one attached hydrogen (secondary N) is 1. The number of aliphatic hydroxyl groups is 2. The molecule has 0 amide bonds. The average molecular weight is 307 g/mol. The maximum atomic E-state index is 12.0. The van der Waals surface area contributed by atoms with Crippen molar-refractivity contribution in [3.63, 3.8) is 0 Å². The van der Waals surface area contributed by atoms with E-state index < -0.39 is 24.1 Å². The highest BCUT2D eigenvalue weighted by Crippen LogP contribution is 2.29. The normalized spacial score (nSPS) is 24.8. The molecule has 9 nitrogen and oxygen atoms in total. The highest BCUT2D eigenvalue weighted by Gasteiger charge is 2.35. The third kappa shape index (κ3) is 2.49. The molecule has 0 saturated carbocycles. The smallest absolute Gasteiger partial charge is 0.351 e. The van der Waals surface area contributed by atoms with Crippen LogP contribution in [-0.4, -0.2) is 48.8 Å². The van der Waals surface area contributed by atoms with Gasteiger partial charge in [-0.1, -0.05) is 0 Å². The number of H-pyrrole nitrogens is 1. The van der Waals surface area contributed by atoms with E-state index in [9.17, 15) is 9.90 Å². The van der Waals surface area contributed by atoms with Crippen molar-refractivity contribution in [2.24, 2.45) is 0 Å². The Morgan fingerprint density at radius 3 is 2.95 bits per heavy atom. The molecule has 0 spiro atoms. The third-order valence-corrected chi connectivity index (χ3v) is 3.66. The fourth-order valence-electron chi connectivity index (χ4n) is 2.49. The summed E-state index contributed by atoms with van der Waals surface area (Å²) in [6, 6.07) is 1.78. The summed E-state index contributed by atoms with van der Waals surface area (Å²) in [7, 11) is 0. The van der Waals surface area contributed by atoms with Gasteiger partial charge in [0.05, 0.1) is 24.0 Å². The first-order chi connectivity index (χ1) is 10.5. The largest absolute Gasteiger partial charge is 0.394 e. The zero-order chi connectivity index (χ0) is 15.9. The summed E-state index contributed by atoms with van der Waals surface area (Å²) < 4.78 is 6.74. The molecule has 0 aromatic carbocycles. The number of nitrogens with zero attached hydrogens (tertiary/aromatic N) is 3. The van der Waals surface area contributed by atoms with Crippen LogP contribution in [-0.2, 0) is 4.74 Å². The lowest BCUT2D eigenvalue weighted by Gasteiger charge is -2.15. The monoisotopic (exact) mass is 307 g/mol. The number of hydrogen-bond acceptors (Lipinski definition) is 7. The lowest BCUT2D eigenvalue weighted by Crippen LogP contribution is -2.28. The first-order valence-electron chi connectivity index (χ1n) is 6.85. The first-order valence-corrected chi connectivity index (χ1v) is 6.85. The van der Waals surface area contributed by atoms with Crippen molar-refractivity contribution >= 4 is 5.82 Å². The van der Waals surface area contributed by atoms with Crippen LogP contribution in [0.3, 0.4) is 0 Å². The molecule has 2 aromatic rings. The van der Waals surface area contributed by atoms with Crippen LogP contribution in [0.2, 0.25) is 0 Å². The van der Waals surface area contributed by atoms with Crippen molar-refractivity contribution < 1.29 is 14.9 Å². The van der Waals surface area contributed by atoms with E-state index in [1.165, 1.54) is 10.8 Å². The molecule has 1 fully saturated rings. The van der Waals surface area contributed by atoms with E-state index in [1.807, 2.05) is 6.92 Å². The van der Waals surface area contributed by atoms with Gasteiger partial charge in [-0.15, -0.1) is 0 Å². The maximum Gasteiger partial charge on any atom is 0.351 e. The Kier molecular flexibility index (Phi) is 3.69. The van der Waals surface area contributed by atoms with Gasteiger partial charge in [0.1, 0.15) is 18.1 Å². The van der Waals surface area contributed by atoms with Crippen molar-refractivity contribution in [3.8, 4) is 11.3 Å². The minimum absolute atomic E-state index is 0.0741. The lowest BCUT2D eigenvalue weighted by molar-refractivity contribution is -0.0458. The van der Waals surface area contributed by atoms with Crippen molar-refractivity contribution in [1.82, 2.24) is 19.7 Å². The van der Waals surface area contributed by atoms with E-state index in [0.29, 0.717) is 11.3 Å². The van der Waals surface area contributed by atoms with Gasteiger partial charge in [0.15, 0.2) is 0 Å². The molecular weight excluding hydrogens is 290 g/mol. The second kappa shape index (κ2) is 5.52. The van der Waals surface area contributed by atoms with Gasteiger partial charge >= 0.3 is 5.69 Å². The van der Waals surface area contributed by atoms with Gasteiger partial charge in [0, 0.05) is 18.3 Å². The topological polar surface area (TPSA) is 139 Å². The van der Waals surface area contributed by atoms with Crippen LogP contribution in [0.15, 0.2) is 17.1 Å². The molecular formula is C13H17N5O4. The summed E-state index contributed by atoms with van der Waals surface area (Å²) in [5.41, 5.74) is 7.13. The van der Waals surface area contributed by atoms with E-state index in [0.717, 1.165) is 5.69 Å². The number of nitrogens with two attached hydrogens (primary N) is 1. The molecule has 5 N–H and O–H groups in total. The molecule has 1 saturated heterocycles. The lowest BCUT2D eigenvalue weighted by atomic mass is 10.2. The van der Waals surface area contributed by atoms with Gasteiger partial charge in [0.2, 0.25) is 0 Å². The first kappa shape index (κ1) is 14.7. The summed E-state index contributed by atoms with van der Waals surface area (Å²) in [4.78, 5) is 15.8. The highest BCUT2D eigenvalue weighted by molar-refractivity contribution is 5.69. The number of nitrogen functional groups attached to an aromatic ring is 1. The predicted octanol–water partition coefficient (Wildman–Crippen LogP) is -0.835. The summed E-state index contributed by atoms with van der Waals surface area (Å²) in [5, 5.41) is 25.8. The Hall–Kier alpha value is -2.23. The van der Waals surface area contributed by atoms with Crippen LogP contribution in [0.1, 0.15) is 18.3 Å². The van der Waals surface area contributed by atoms with Gasteiger partial charge in [-0.05, 0) is 13.0 Å². The molecule has 118 valence electrons. The van der Waals surface area contributed by atoms with Crippen LogP contribution < -0.4 is 11.4 Å². The zero-order valence-corrected chi connectivity index (χ0v) is 11.9. The number of hydrogen-bond donors (Lipinski definition) is 4. The zero-order valence-electron chi connectivity index (χ0n) is 11.9. The second-order valence-corrected chi connectivity index (χ2v) is 5.28. The number of ether oxygens (including phenoxy) is 1. The number of rotatable bonds is 3. The minimum atomic E-state index is -0.837. The standard InChI is InChI=1S/C13H17N5O4/c1-6-2-8(17-16-6)7-4-18(13(21)15-12(7)14)11-3-9(20)10(5-19)22-11/h2,4,9-11,19-20H,3,5H2,1H3,(H,16,17)(H2,14,15,21)/t9-,10+,11+/m0/s1. The number of aryl methyl sites for hydroxylation is 1. The van der Waals surface area contributed by atoms with Crippen molar-refractivity contribution in [1.29, 1.82) is 0 Å². The SMILES string of the molecule is Cc1cc(-c2cn([C@H]3C[C@H](O)[C@@H](CO)O3)c(=O)nc2N)n[nH]1. The molecule has 3 atom stereocenters. The van der Waals surface area contributed by atoms with E-state index in [4.69, 9.17) is 15.6 Å². The molecule has 2 aromatic heterocycles. The van der Waals surface area contributed by atoms with Crippen molar-refractivity contribution in [3.05, 3.63) is 28.4 Å². The Morgan fingerprint density at radius 1 is 1.59 bits per heavy atom. The van der Waals surface area contributed by atoms with Crippen molar-refractivity contribution in [2.45, 2.75) is 31.8 Å². The van der Waals surface area contributed by atoms with E-state index in [1.54, 1.807) is 6.07 Å². The summed E-state index contributed by atoms with van der Waals surface area (Å²) in [5.74, 6) is 0.0741. The third-order valence-electron chi connectivity index (χ3n) is 3.66. The minimum Gasteiger partial charge on any atom is -0.394 e. The Balaban J connectivity index is 2.01. The Bertz CT molecular complexity index is 740. The van der Waals surface area contributed by atoms with Crippen molar-refractivity contribution in [2.75, 3.05) is 12.3 Å². The second-order valence-electron chi connectivity index (χ2n) is 5.28. The van der Waals surface area contributed by atoms with E-state index in [-0.39, 0.29) is 18.8 Å². The van der Waals surface area contributed by atoms with Gasteiger partial charge in [-0.25, -0.2) is 4.79 Å². The molecule has 1 aliphatic rings. The average Bonchev–Trinajstić information content (AvgIpc) is 3.05. The molecule has 0 aliphatic carbocycles. The number of aliphatic hydroxyl groups excluding tert-OH is 2. The van der Waals surface area contributed by atoms with Gasteiger partial charge in [-0.2, -0.15) is 10.1 Å². The van der Waals surface area contributed by atoms with E-state index >= 15 is 0 Å². The molecule has 22 heavy (non-hydrogen) atoms. The summed E-state index contributed by atoms with van der Waals surface area (Å²) >= 11 is 0. The fraction of sp³-hybridized carbons (Fsp3) is 0.462. The summed E-state index contributed by atoms with van der Waals surface area (Å²) in [6.07, 6.45) is -0.555. The maximum absolute atomic E-state index is 12.0. The molecule has 0 bridgehead atoms. The Morgan fingerprint density at radius 2 is 2.36 bits per heavy atom. The van der Waals surface area contributed by atoms with E-state index in [2.05, 4.69) is 15.2 Å². The predicted molar refractivity (Wildman–Crippen MR) is 76.8 cm³/mol.